The van der Waals surface area contributed by atoms with E-state index in [-0.39, 0.29) is 0 Å². The van der Waals surface area contributed by atoms with Crippen LogP contribution in [0.25, 0.3) is 11.0 Å². The second-order valence-electron chi connectivity index (χ2n) is 4.28. The minimum Gasteiger partial charge on any atom is -0.380 e. The van der Waals surface area contributed by atoms with E-state index in [2.05, 4.69) is 16.0 Å². The van der Waals surface area contributed by atoms with Crippen molar-refractivity contribution in [2.24, 2.45) is 0 Å². The van der Waals surface area contributed by atoms with Gasteiger partial charge in [-0.05, 0) is 23.8 Å². The molecule has 3 rings (SSSR count). The van der Waals surface area contributed by atoms with E-state index in [0.29, 0.717) is 11.4 Å². The van der Waals surface area contributed by atoms with Crippen LogP contribution in [0.5, 0.6) is 0 Å². The minimum absolute atomic E-state index is 0.483. The number of rotatable bonds is 2. The number of aliphatic hydroxyl groups excluding tert-OH is 1. The summed E-state index contributed by atoms with van der Waals surface area (Å²) in [5, 5.41) is 19.1. The first-order chi connectivity index (χ1) is 9.28. The lowest BCUT2D eigenvalue weighted by atomic mass is 10.1. The van der Waals surface area contributed by atoms with Gasteiger partial charge in [-0.2, -0.15) is 5.26 Å². The Kier molecular flexibility index (Phi) is 2.75. The number of nitriles is 1. The smallest absolute Gasteiger partial charge is 0.140 e. The maximum absolute atomic E-state index is 10.3. The standard InChI is InChI=1S/C15H11N3O/c16-9-10-6-7-12-13(8-10)18-15(17-12)14(19)11-4-2-1-3-5-11/h1-8,14,19H,(H,17,18). The summed E-state index contributed by atoms with van der Waals surface area (Å²) in [5.74, 6) is 0.483. The van der Waals surface area contributed by atoms with Gasteiger partial charge in [0.1, 0.15) is 11.9 Å². The Balaban J connectivity index is 2.04. The van der Waals surface area contributed by atoms with E-state index in [1.807, 2.05) is 30.3 Å². The molecule has 0 radical (unpaired) electrons. The summed E-state index contributed by atoms with van der Waals surface area (Å²) in [6.07, 6.45) is -0.792. The highest BCUT2D eigenvalue weighted by molar-refractivity contribution is 5.76. The van der Waals surface area contributed by atoms with Crippen molar-refractivity contribution in [3.05, 3.63) is 65.5 Å². The van der Waals surface area contributed by atoms with Crippen molar-refractivity contribution in [3.63, 3.8) is 0 Å². The zero-order valence-corrected chi connectivity index (χ0v) is 10.0. The molecule has 1 unspecified atom stereocenters. The molecule has 0 spiro atoms. The van der Waals surface area contributed by atoms with Gasteiger partial charge in [-0.15, -0.1) is 0 Å². The van der Waals surface area contributed by atoms with Gasteiger partial charge in [-0.25, -0.2) is 4.98 Å². The number of aromatic amines is 1. The summed E-state index contributed by atoms with van der Waals surface area (Å²) in [4.78, 5) is 7.41. The number of H-pyrrole nitrogens is 1. The predicted octanol–water partition coefficient (Wildman–Crippen LogP) is 2.52. The number of nitrogens with zero attached hydrogens (tertiary/aromatic N) is 2. The van der Waals surface area contributed by atoms with Crippen LogP contribution in [0.1, 0.15) is 23.1 Å². The number of aliphatic hydroxyl groups is 1. The molecule has 1 atom stereocenters. The highest BCUT2D eigenvalue weighted by Crippen LogP contribution is 2.22. The molecule has 0 saturated heterocycles. The van der Waals surface area contributed by atoms with E-state index in [1.165, 1.54) is 0 Å². The van der Waals surface area contributed by atoms with Gasteiger partial charge in [-0.3, -0.25) is 0 Å². The van der Waals surface area contributed by atoms with Crippen molar-refractivity contribution in [3.8, 4) is 6.07 Å². The van der Waals surface area contributed by atoms with E-state index in [9.17, 15) is 5.11 Å². The first-order valence-corrected chi connectivity index (χ1v) is 5.91. The fourth-order valence-corrected chi connectivity index (χ4v) is 2.02. The van der Waals surface area contributed by atoms with E-state index in [1.54, 1.807) is 18.2 Å². The van der Waals surface area contributed by atoms with Gasteiger partial charge >= 0.3 is 0 Å². The normalized spacial score (nSPS) is 12.2. The quantitative estimate of drug-likeness (QED) is 0.733. The Morgan fingerprint density at radius 1 is 1.16 bits per heavy atom. The molecule has 4 nitrogen and oxygen atoms in total. The molecule has 0 aliphatic heterocycles. The van der Waals surface area contributed by atoms with Gasteiger partial charge in [-0.1, -0.05) is 30.3 Å². The molecule has 0 amide bonds. The van der Waals surface area contributed by atoms with Crippen LogP contribution in [0.4, 0.5) is 0 Å². The van der Waals surface area contributed by atoms with Gasteiger partial charge in [0.2, 0.25) is 0 Å². The van der Waals surface area contributed by atoms with Crippen LogP contribution in [-0.2, 0) is 0 Å². The van der Waals surface area contributed by atoms with Gasteiger partial charge in [0, 0.05) is 0 Å². The van der Waals surface area contributed by atoms with Gasteiger partial charge in [0.15, 0.2) is 0 Å². The average molecular weight is 249 g/mol. The monoisotopic (exact) mass is 249 g/mol. The van der Waals surface area contributed by atoms with Crippen LogP contribution in [0, 0.1) is 11.3 Å². The molecule has 0 aliphatic carbocycles. The lowest BCUT2D eigenvalue weighted by Crippen LogP contribution is -2.01. The van der Waals surface area contributed by atoms with Gasteiger partial charge in [0.05, 0.1) is 22.7 Å². The summed E-state index contributed by atoms with van der Waals surface area (Å²) in [6, 6.07) is 16.6. The number of benzene rings is 2. The SMILES string of the molecule is N#Cc1ccc2nc(C(O)c3ccccc3)[nH]c2c1. The topological polar surface area (TPSA) is 72.7 Å². The van der Waals surface area contributed by atoms with Crippen LogP contribution in [0.3, 0.4) is 0 Å². The summed E-state index contributed by atoms with van der Waals surface area (Å²) in [7, 11) is 0. The summed E-state index contributed by atoms with van der Waals surface area (Å²) in [5.41, 5.74) is 2.84. The zero-order chi connectivity index (χ0) is 13.2. The van der Waals surface area contributed by atoms with E-state index in [0.717, 1.165) is 16.6 Å². The lowest BCUT2D eigenvalue weighted by Gasteiger charge is -2.06. The van der Waals surface area contributed by atoms with E-state index < -0.39 is 6.10 Å². The number of nitrogens with one attached hydrogen (secondary N) is 1. The zero-order valence-electron chi connectivity index (χ0n) is 10.0. The van der Waals surface area contributed by atoms with Gasteiger partial charge < -0.3 is 10.1 Å². The first kappa shape index (κ1) is 11.5. The second kappa shape index (κ2) is 4.56. The second-order valence-corrected chi connectivity index (χ2v) is 4.28. The van der Waals surface area contributed by atoms with Crippen molar-refractivity contribution >= 4 is 11.0 Å². The highest BCUT2D eigenvalue weighted by Gasteiger charge is 2.14. The Labute approximate surface area is 110 Å². The molecule has 1 heterocycles. The largest absolute Gasteiger partial charge is 0.380 e. The molecule has 0 aliphatic rings. The maximum Gasteiger partial charge on any atom is 0.140 e. The number of hydrogen-bond acceptors (Lipinski definition) is 3. The van der Waals surface area contributed by atoms with E-state index in [4.69, 9.17) is 5.26 Å². The fourth-order valence-electron chi connectivity index (χ4n) is 2.02. The van der Waals surface area contributed by atoms with Crippen LogP contribution in [-0.4, -0.2) is 15.1 Å². The predicted molar refractivity (Wildman–Crippen MR) is 71.3 cm³/mol. The number of imidazole rings is 1. The molecule has 92 valence electrons. The number of fused-ring (bicyclic) bond motifs is 1. The van der Waals surface area contributed by atoms with Crippen LogP contribution >= 0.6 is 0 Å². The first-order valence-electron chi connectivity index (χ1n) is 5.91. The molecule has 2 aromatic carbocycles. The molecule has 0 bridgehead atoms. The van der Waals surface area contributed by atoms with Crippen molar-refractivity contribution in [2.75, 3.05) is 0 Å². The van der Waals surface area contributed by atoms with Crippen molar-refractivity contribution in [2.45, 2.75) is 6.10 Å². The Morgan fingerprint density at radius 2 is 1.95 bits per heavy atom. The van der Waals surface area contributed by atoms with Crippen LogP contribution in [0.2, 0.25) is 0 Å². The molecular formula is C15H11N3O. The third kappa shape index (κ3) is 2.07. The van der Waals surface area contributed by atoms with Crippen molar-refractivity contribution in [1.29, 1.82) is 5.26 Å². The Hall–Kier alpha value is -2.64. The molecule has 3 aromatic rings. The Bertz CT molecular complexity index is 756. The van der Waals surface area contributed by atoms with Crippen molar-refractivity contribution in [1.82, 2.24) is 9.97 Å². The molecule has 2 N–H and O–H groups in total. The Morgan fingerprint density at radius 3 is 2.68 bits per heavy atom. The average Bonchev–Trinajstić information content (AvgIpc) is 2.90. The van der Waals surface area contributed by atoms with Gasteiger partial charge in [0.25, 0.3) is 0 Å². The van der Waals surface area contributed by atoms with Crippen LogP contribution in [0.15, 0.2) is 48.5 Å². The number of hydrogen-bond donors (Lipinski definition) is 2. The fraction of sp³-hybridized carbons (Fsp3) is 0.0667. The van der Waals surface area contributed by atoms with E-state index >= 15 is 0 Å². The highest BCUT2D eigenvalue weighted by atomic mass is 16.3. The molecule has 1 aromatic heterocycles. The third-order valence-corrected chi connectivity index (χ3v) is 3.00. The summed E-state index contributed by atoms with van der Waals surface area (Å²) in [6.45, 7) is 0. The lowest BCUT2D eigenvalue weighted by molar-refractivity contribution is 0.211. The summed E-state index contributed by atoms with van der Waals surface area (Å²) < 4.78 is 0. The van der Waals surface area contributed by atoms with Crippen molar-refractivity contribution < 1.29 is 5.11 Å². The molecule has 4 heteroatoms. The molecule has 0 fully saturated rings. The van der Waals surface area contributed by atoms with Crippen LogP contribution < -0.4 is 0 Å². The maximum atomic E-state index is 10.3. The minimum atomic E-state index is -0.792. The molecular weight excluding hydrogens is 238 g/mol. The molecule has 19 heavy (non-hydrogen) atoms. The third-order valence-electron chi connectivity index (χ3n) is 3.00. The molecule has 0 saturated carbocycles. The summed E-state index contributed by atoms with van der Waals surface area (Å²) >= 11 is 0. The number of aromatic nitrogens is 2.